The third kappa shape index (κ3) is 3.76. The summed E-state index contributed by atoms with van der Waals surface area (Å²) >= 11 is 1.66. The lowest BCUT2D eigenvalue weighted by atomic mass is 9.79. The van der Waals surface area contributed by atoms with Gasteiger partial charge in [0.1, 0.15) is 0 Å². The Bertz CT molecular complexity index is 986. The number of amides is 2. The van der Waals surface area contributed by atoms with Crippen LogP contribution in [0.2, 0.25) is 0 Å². The van der Waals surface area contributed by atoms with Crippen molar-refractivity contribution in [1.82, 2.24) is 9.80 Å². The van der Waals surface area contributed by atoms with Crippen molar-refractivity contribution < 1.29 is 19.1 Å². The summed E-state index contributed by atoms with van der Waals surface area (Å²) in [5.41, 5.74) is 2.15. The van der Waals surface area contributed by atoms with Crippen LogP contribution in [0.25, 0.3) is 0 Å². The van der Waals surface area contributed by atoms with E-state index < -0.39 is 5.92 Å². The maximum atomic E-state index is 13.8. The summed E-state index contributed by atoms with van der Waals surface area (Å²) in [5, 5.41) is 0. The lowest BCUT2D eigenvalue weighted by Gasteiger charge is -2.41. The van der Waals surface area contributed by atoms with Gasteiger partial charge < -0.3 is 19.3 Å². The number of ether oxygens (including phenoxy) is 2. The zero-order chi connectivity index (χ0) is 22.1. The highest BCUT2D eigenvalue weighted by atomic mass is 32.2. The average molecular weight is 441 g/mol. The summed E-state index contributed by atoms with van der Waals surface area (Å²) in [6, 6.07) is 11.2. The summed E-state index contributed by atoms with van der Waals surface area (Å²) in [5.74, 6) is 0.438. The number of thioether (sulfide) groups is 1. The Morgan fingerprint density at radius 3 is 2.23 bits per heavy atom. The van der Waals surface area contributed by atoms with Gasteiger partial charge in [-0.3, -0.25) is 9.59 Å². The monoisotopic (exact) mass is 440 g/mol. The molecule has 2 amide bonds. The largest absolute Gasteiger partial charge is 0.493 e. The summed E-state index contributed by atoms with van der Waals surface area (Å²) in [6.07, 6.45) is 4.05. The van der Waals surface area contributed by atoms with Gasteiger partial charge in [-0.15, -0.1) is 11.8 Å². The highest BCUT2D eigenvalue weighted by Gasteiger charge is 2.45. The van der Waals surface area contributed by atoms with E-state index in [2.05, 4.69) is 0 Å². The van der Waals surface area contributed by atoms with Crippen LogP contribution in [-0.2, 0) is 4.79 Å². The minimum absolute atomic E-state index is 0.0595. The second kappa shape index (κ2) is 8.83. The number of carbonyl (C=O) groups is 2. The number of methoxy groups -OCH3 is 2. The Balaban J connectivity index is 1.89. The molecule has 0 aromatic heterocycles. The zero-order valence-electron chi connectivity index (χ0n) is 18.4. The maximum Gasteiger partial charge on any atom is 0.254 e. The van der Waals surface area contributed by atoms with Crippen molar-refractivity contribution in [3.8, 4) is 11.5 Å². The summed E-state index contributed by atoms with van der Waals surface area (Å²) in [7, 11) is 4.89. The van der Waals surface area contributed by atoms with E-state index in [0.717, 1.165) is 36.4 Å². The van der Waals surface area contributed by atoms with E-state index in [1.807, 2.05) is 35.4 Å². The van der Waals surface area contributed by atoms with Crippen molar-refractivity contribution in [2.75, 3.05) is 40.6 Å². The topological polar surface area (TPSA) is 59.1 Å². The van der Waals surface area contributed by atoms with Crippen molar-refractivity contribution in [3.05, 3.63) is 53.1 Å². The van der Waals surface area contributed by atoms with Gasteiger partial charge in [0.2, 0.25) is 5.91 Å². The highest BCUT2D eigenvalue weighted by molar-refractivity contribution is 7.98. The van der Waals surface area contributed by atoms with E-state index in [1.54, 1.807) is 50.1 Å². The molecule has 2 aliphatic rings. The molecule has 1 fully saturated rings. The van der Waals surface area contributed by atoms with E-state index in [1.165, 1.54) is 0 Å². The number of hydrogen-bond acceptors (Lipinski definition) is 5. The number of hydrogen-bond donors (Lipinski definition) is 0. The molecule has 0 aliphatic carbocycles. The van der Waals surface area contributed by atoms with Gasteiger partial charge in [-0.1, -0.05) is 12.1 Å². The predicted molar refractivity (Wildman–Crippen MR) is 121 cm³/mol. The number of nitrogens with zero attached hydrogens (tertiary/aromatic N) is 2. The summed E-state index contributed by atoms with van der Waals surface area (Å²) in [4.78, 5) is 31.9. The van der Waals surface area contributed by atoms with Gasteiger partial charge in [0.25, 0.3) is 5.91 Å². The molecule has 2 aliphatic heterocycles. The lowest BCUT2D eigenvalue weighted by molar-refractivity contribution is -0.133. The molecule has 0 bridgehead atoms. The molecule has 0 N–H and O–H groups in total. The third-order valence-electron chi connectivity index (χ3n) is 6.32. The van der Waals surface area contributed by atoms with Crippen molar-refractivity contribution in [3.63, 3.8) is 0 Å². The van der Waals surface area contributed by atoms with Crippen LogP contribution >= 0.6 is 11.8 Å². The Kier molecular flexibility index (Phi) is 6.14. The smallest absolute Gasteiger partial charge is 0.254 e. The van der Waals surface area contributed by atoms with Gasteiger partial charge in [-0.05, 0) is 54.5 Å². The van der Waals surface area contributed by atoms with Crippen molar-refractivity contribution in [2.24, 2.45) is 0 Å². The normalized spacial score (nSPS) is 20.6. The number of fused-ring (bicyclic) bond motifs is 1. The van der Waals surface area contributed by atoms with E-state index >= 15 is 0 Å². The van der Waals surface area contributed by atoms with Crippen LogP contribution < -0.4 is 9.47 Å². The predicted octanol–water partition coefficient (Wildman–Crippen LogP) is 3.96. The number of carbonyl (C=O) groups excluding carboxylic acids is 2. The van der Waals surface area contributed by atoms with Crippen LogP contribution in [-0.4, -0.2) is 62.2 Å². The van der Waals surface area contributed by atoms with Gasteiger partial charge in [0, 0.05) is 30.6 Å². The van der Waals surface area contributed by atoms with Crippen LogP contribution in [0, 0.1) is 0 Å². The van der Waals surface area contributed by atoms with Crippen LogP contribution in [0.1, 0.15) is 46.3 Å². The number of benzene rings is 2. The molecule has 0 spiro atoms. The van der Waals surface area contributed by atoms with Gasteiger partial charge >= 0.3 is 0 Å². The van der Waals surface area contributed by atoms with Crippen LogP contribution in [0.4, 0.5) is 0 Å². The van der Waals surface area contributed by atoms with Crippen molar-refractivity contribution in [2.45, 2.75) is 29.7 Å². The molecule has 31 heavy (non-hydrogen) atoms. The second-order valence-electron chi connectivity index (χ2n) is 7.94. The highest BCUT2D eigenvalue weighted by Crippen LogP contribution is 2.46. The number of likely N-dealkylation sites (N-methyl/N-ethyl adjacent to an activating group) is 1. The quantitative estimate of drug-likeness (QED) is 0.659. The molecule has 0 unspecified atom stereocenters. The molecular weight excluding hydrogens is 412 g/mol. The van der Waals surface area contributed by atoms with Gasteiger partial charge in [-0.2, -0.15) is 0 Å². The molecule has 0 radical (unpaired) electrons. The number of likely N-dealkylation sites (tertiary alicyclic amines) is 1. The summed E-state index contributed by atoms with van der Waals surface area (Å²) in [6.45, 7) is 1.52. The average Bonchev–Trinajstić information content (AvgIpc) is 3.35. The van der Waals surface area contributed by atoms with Crippen molar-refractivity contribution in [1.29, 1.82) is 0 Å². The minimum atomic E-state index is -0.504. The molecular formula is C24H28N2O4S. The van der Waals surface area contributed by atoms with E-state index in [9.17, 15) is 9.59 Å². The molecule has 4 rings (SSSR count). The molecule has 1 saturated heterocycles. The third-order valence-corrected chi connectivity index (χ3v) is 7.06. The maximum absolute atomic E-state index is 13.8. The molecule has 2 atom stereocenters. The Morgan fingerprint density at radius 1 is 1.03 bits per heavy atom. The van der Waals surface area contributed by atoms with Crippen LogP contribution in [0.3, 0.4) is 0 Å². The Hall–Kier alpha value is -2.67. The van der Waals surface area contributed by atoms with E-state index in [4.69, 9.17) is 9.47 Å². The molecule has 6 nitrogen and oxygen atoms in total. The summed E-state index contributed by atoms with van der Waals surface area (Å²) < 4.78 is 10.9. The van der Waals surface area contributed by atoms with Gasteiger partial charge in [0.05, 0.1) is 26.2 Å². The molecule has 0 saturated carbocycles. The van der Waals surface area contributed by atoms with Gasteiger partial charge in [0.15, 0.2) is 11.5 Å². The molecule has 2 aromatic rings. The zero-order valence-corrected chi connectivity index (χ0v) is 19.2. The molecule has 2 heterocycles. The fourth-order valence-corrected chi connectivity index (χ4v) is 5.07. The Morgan fingerprint density at radius 2 is 1.65 bits per heavy atom. The SMILES string of the molecule is COc1cc2c(cc1OC)[C@@H](C(=O)N1CCCC1)[C@@H](c1ccc(SC)cc1)N(C)C2=O. The second-order valence-corrected chi connectivity index (χ2v) is 8.82. The standard InChI is InChI=1S/C24H28N2O4S/c1-25-22(15-7-9-16(31-4)10-8-15)21(24(28)26-11-5-6-12-26)17-13-19(29-2)20(30-3)14-18(17)23(25)27/h7-10,13-14,21-22H,5-6,11-12H2,1-4H3/t21-,22-/m1/s1. The molecule has 2 aromatic carbocycles. The first-order valence-electron chi connectivity index (χ1n) is 10.5. The molecule has 7 heteroatoms. The first kappa shape index (κ1) is 21.6. The Labute approximate surface area is 187 Å². The number of rotatable bonds is 5. The van der Waals surface area contributed by atoms with Crippen LogP contribution in [0.5, 0.6) is 11.5 Å². The fourth-order valence-electron chi connectivity index (χ4n) is 4.67. The van der Waals surface area contributed by atoms with Crippen molar-refractivity contribution >= 4 is 23.6 Å². The first-order chi connectivity index (χ1) is 15.0. The van der Waals surface area contributed by atoms with Crippen LogP contribution in [0.15, 0.2) is 41.3 Å². The minimum Gasteiger partial charge on any atom is -0.493 e. The van der Waals surface area contributed by atoms with E-state index in [0.29, 0.717) is 22.6 Å². The first-order valence-corrected chi connectivity index (χ1v) is 11.7. The molecule has 164 valence electrons. The lowest BCUT2D eigenvalue weighted by Crippen LogP contribution is -2.46. The van der Waals surface area contributed by atoms with E-state index in [-0.39, 0.29) is 17.9 Å². The van der Waals surface area contributed by atoms with Gasteiger partial charge in [-0.25, -0.2) is 0 Å². The fraction of sp³-hybridized carbons (Fsp3) is 0.417.